The summed E-state index contributed by atoms with van der Waals surface area (Å²) in [6.45, 7) is 0. The number of hydrogen-bond donors (Lipinski definition) is 1. The molecule has 0 saturated carbocycles. The number of esters is 1. The van der Waals surface area contributed by atoms with Gasteiger partial charge in [-0.05, 0) is 23.8 Å². The molecule has 5 nitrogen and oxygen atoms in total. The fourth-order valence-electron chi connectivity index (χ4n) is 1.48. The van der Waals surface area contributed by atoms with Crippen LogP contribution in [-0.2, 0) is 16.0 Å². The number of hydrogen-bond acceptors (Lipinski definition) is 5. The van der Waals surface area contributed by atoms with Crippen molar-refractivity contribution < 1.29 is 14.3 Å². The van der Waals surface area contributed by atoms with Gasteiger partial charge in [0.1, 0.15) is 11.8 Å². The summed E-state index contributed by atoms with van der Waals surface area (Å²) in [5.41, 5.74) is 6.87. The van der Waals surface area contributed by atoms with Crippen LogP contribution in [0.1, 0.15) is 11.1 Å². The van der Waals surface area contributed by atoms with E-state index in [9.17, 15) is 4.79 Å². The maximum absolute atomic E-state index is 11.2. The third kappa shape index (κ3) is 3.20. The Hall–Kier alpha value is -2.06. The summed E-state index contributed by atoms with van der Waals surface area (Å²) in [6, 6.07) is 6.24. The van der Waals surface area contributed by atoms with Crippen LogP contribution in [0.4, 0.5) is 0 Å². The molecule has 0 radical (unpaired) electrons. The predicted molar refractivity (Wildman–Crippen MR) is 61.4 cm³/mol. The van der Waals surface area contributed by atoms with Crippen molar-refractivity contribution >= 4 is 5.97 Å². The molecule has 1 aromatic carbocycles. The summed E-state index contributed by atoms with van der Waals surface area (Å²) < 4.78 is 9.69. The topological polar surface area (TPSA) is 85.3 Å². The van der Waals surface area contributed by atoms with Gasteiger partial charge in [0.05, 0.1) is 25.9 Å². The SMILES string of the molecule is COC(=O)[C@@H](N)Cc1cc(C#N)ccc1OC. The fraction of sp³-hybridized carbons (Fsp3) is 0.333. The number of carbonyl (C=O) groups is 1. The summed E-state index contributed by atoms with van der Waals surface area (Å²) in [5, 5.41) is 8.80. The smallest absolute Gasteiger partial charge is 0.322 e. The molecule has 0 unspecified atom stereocenters. The quantitative estimate of drug-likeness (QED) is 0.771. The average Bonchev–Trinajstić information content (AvgIpc) is 2.37. The van der Waals surface area contributed by atoms with Crippen LogP contribution in [0, 0.1) is 11.3 Å². The largest absolute Gasteiger partial charge is 0.496 e. The second-order valence-electron chi connectivity index (χ2n) is 3.47. The molecular weight excluding hydrogens is 220 g/mol. The fourth-order valence-corrected chi connectivity index (χ4v) is 1.48. The maximum atomic E-state index is 11.2. The molecule has 1 aromatic rings. The van der Waals surface area contributed by atoms with Gasteiger partial charge in [-0.2, -0.15) is 5.26 Å². The van der Waals surface area contributed by atoms with Crippen molar-refractivity contribution in [3.63, 3.8) is 0 Å². The highest BCUT2D eigenvalue weighted by Gasteiger charge is 2.17. The van der Waals surface area contributed by atoms with Crippen LogP contribution < -0.4 is 10.5 Å². The Morgan fingerprint density at radius 1 is 1.53 bits per heavy atom. The van der Waals surface area contributed by atoms with E-state index in [1.54, 1.807) is 18.2 Å². The number of nitrogens with two attached hydrogens (primary N) is 1. The molecule has 2 N–H and O–H groups in total. The third-order valence-electron chi connectivity index (χ3n) is 2.35. The van der Waals surface area contributed by atoms with Crippen molar-refractivity contribution in [2.24, 2.45) is 5.73 Å². The van der Waals surface area contributed by atoms with Gasteiger partial charge in [-0.15, -0.1) is 0 Å². The molecule has 5 heteroatoms. The number of rotatable bonds is 4. The van der Waals surface area contributed by atoms with E-state index in [0.717, 1.165) is 0 Å². The van der Waals surface area contributed by atoms with Crippen LogP contribution in [0.2, 0.25) is 0 Å². The van der Waals surface area contributed by atoms with E-state index in [2.05, 4.69) is 4.74 Å². The van der Waals surface area contributed by atoms with Crippen LogP contribution in [0.25, 0.3) is 0 Å². The molecule has 0 amide bonds. The standard InChI is InChI=1S/C12H14N2O3/c1-16-11-4-3-8(7-13)5-9(11)6-10(14)12(15)17-2/h3-5,10H,6,14H2,1-2H3/t10-/m0/s1. The van der Waals surface area contributed by atoms with Crippen LogP contribution in [-0.4, -0.2) is 26.2 Å². The number of nitrogens with zero attached hydrogens (tertiary/aromatic N) is 1. The molecule has 90 valence electrons. The summed E-state index contributed by atoms with van der Waals surface area (Å²) in [4.78, 5) is 11.2. The zero-order chi connectivity index (χ0) is 12.8. The van der Waals surface area contributed by atoms with Crippen molar-refractivity contribution in [3.8, 4) is 11.8 Å². The van der Waals surface area contributed by atoms with E-state index in [-0.39, 0.29) is 6.42 Å². The first-order valence-electron chi connectivity index (χ1n) is 5.02. The summed E-state index contributed by atoms with van der Waals surface area (Å²) in [5.74, 6) is 0.109. The lowest BCUT2D eigenvalue weighted by Crippen LogP contribution is -2.33. The van der Waals surface area contributed by atoms with Crippen molar-refractivity contribution in [1.82, 2.24) is 0 Å². The lowest BCUT2D eigenvalue weighted by molar-refractivity contribution is -0.142. The van der Waals surface area contributed by atoms with Gasteiger partial charge in [-0.1, -0.05) is 0 Å². The van der Waals surface area contributed by atoms with Crippen molar-refractivity contribution in [2.45, 2.75) is 12.5 Å². The van der Waals surface area contributed by atoms with E-state index in [1.807, 2.05) is 6.07 Å². The monoisotopic (exact) mass is 234 g/mol. The molecule has 0 spiro atoms. The van der Waals surface area contributed by atoms with Crippen molar-refractivity contribution in [3.05, 3.63) is 29.3 Å². The van der Waals surface area contributed by atoms with Gasteiger partial charge in [-0.3, -0.25) is 4.79 Å². The molecule has 0 fully saturated rings. The van der Waals surface area contributed by atoms with E-state index in [0.29, 0.717) is 16.9 Å². The van der Waals surface area contributed by atoms with Crippen LogP contribution in [0.3, 0.4) is 0 Å². The number of nitriles is 1. The molecule has 1 rings (SSSR count). The summed E-state index contributed by atoms with van der Waals surface area (Å²) in [6.07, 6.45) is 0.269. The van der Waals surface area contributed by atoms with Crippen LogP contribution in [0.15, 0.2) is 18.2 Å². The van der Waals surface area contributed by atoms with Crippen molar-refractivity contribution in [2.75, 3.05) is 14.2 Å². The van der Waals surface area contributed by atoms with Gasteiger partial charge in [0.2, 0.25) is 0 Å². The van der Waals surface area contributed by atoms with Crippen LogP contribution >= 0.6 is 0 Å². The molecular formula is C12H14N2O3. The number of methoxy groups -OCH3 is 2. The lowest BCUT2D eigenvalue weighted by Gasteiger charge is -2.12. The van der Waals surface area contributed by atoms with E-state index >= 15 is 0 Å². The number of ether oxygens (including phenoxy) is 2. The minimum absolute atomic E-state index is 0.269. The third-order valence-corrected chi connectivity index (χ3v) is 2.35. The Morgan fingerprint density at radius 3 is 2.76 bits per heavy atom. The first-order valence-corrected chi connectivity index (χ1v) is 5.02. The van der Waals surface area contributed by atoms with E-state index < -0.39 is 12.0 Å². The van der Waals surface area contributed by atoms with Gasteiger partial charge in [0, 0.05) is 6.42 Å². The second kappa shape index (κ2) is 5.87. The second-order valence-corrected chi connectivity index (χ2v) is 3.47. The highest BCUT2D eigenvalue weighted by Crippen LogP contribution is 2.21. The van der Waals surface area contributed by atoms with Gasteiger partial charge < -0.3 is 15.2 Å². The lowest BCUT2D eigenvalue weighted by atomic mass is 10.0. The Morgan fingerprint density at radius 2 is 2.24 bits per heavy atom. The zero-order valence-corrected chi connectivity index (χ0v) is 9.77. The maximum Gasteiger partial charge on any atom is 0.322 e. The van der Waals surface area contributed by atoms with E-state index in [4.69, 9.17) is 15.7 Å². The molecule has 17 heavy (non-hydrogen) atoms. The van der Waals surface area contributed by atoms with Crippen LogP contribution in [0.5, 0.6) is 5.75 Å². The zero-order valence-electron chi connectivity index (χ0n) is 9.77. The molecule has 1 atom stereocenters. The highest BCUT2D eigenvalue weighted by molar-refractivity contribution is 5.75. The highest BCUT2D eigenvalue weighted by atomic mass is 16.5. The molecule has 0 aliphatic rings. The number of benzene rings is 1. The Balaban J connectivity index is 2.96. The molecule has 0 aliphatic carbocycles. The Kier molecular flexibility index (Phi) is 4.49. The predicted octanol–water partition coefficient (Wildman–Crippen LogP) is 0.610. The minimum atomic E-state index is -0.761. The molecule has 0 aromatic heterocycles. The Bertz CT molecular complexity index is 452. The summed E-state index contributed by atoms with van der Waals surface area (Å²) in [7, 11) is 2.81. The first-order chi connectivity index (χ1) is 8.12. The summed E-state index contributed by atoms with van der Waals surface area (Å²) >= 11 is 0. The Labute approximate surface area is 99.7 Å². The number of carbonyl (C=O) groups excluding carboxylic acids is 1. The van der Waals surface area contributed by atoms with Crippen molar-refractivity contribution in [1.29, 1.82) is 5.26 Å². The minimum Gasteiger partial charge on any atom is -0.496 e. The normalized spacial score (nSPS) is 11.4. The van der Waals surface area contributed by atoms with Gasteiger partial charge in [-0.25, -0.2) is 0 Å². The average molecular weight is 234 g/mol. The molecule has 0 saturated heterocycles. The molecule has 0 aliphatic heterocycles. The molecule has 0 heterocycles. The van der Waals surface area contributed by atoms with Gasteiger partial charge in [0.15, 0.2) is 0 Å². The van der Waals surface area contributed by atoms with Gasteiger partial charge >= 0.3 is 5.97 Å². The van der Waals surface area contributed by atoms with E-state index in [1.165, 1.54) is 14.2 Å². The first kappa shape index (κ1) is 13.0. The van der Waals surface area contributed by atoms with Gasteiger partial charge in [0.25, 0.3) is 0 Å². The molecule has 0 bridgehead atoms.